The predicted molar refractivity (Wildman–Crippen MR) is 96.3 cm³/mol. The van der Waals surface area contributed by atoms with Crippen molar-refractivity contribution in [2.75, 3.05) is 5.32 Å². The third-order valence-electron chi connectivity index (χ3n) is 4.39. The lowest BCUT2D eigenvalue weighted by atomic mass is 10.1. The summed E-state index contributed by atoms with van der Waals surface area (Å²) in [7, 11) is 0. The Balaban J connectivity index is 1.61. The van der Waals surface area contributed by atoms with Gasteiger partial charge in [0.2, 0.25) is 0 Å². The van der Waals surface area contributed by atoms with Crippen LogP contribution in [0.15, 0.2) is 65.5 Å². The fourth-order valence-electron chi connectivity index (χ4n) is 3.13. The molecule has 0 spiro atoms. The Morgan fingerprint density at radius 1 is 0.960 bits per heavy atom. The number of hydrogen-bond acceptors (Lipinski definition) is 3. The highest BCUT2D eigenvalue weighted by molar-refractivity contribution is 6.02. The zero-order valence-corrected chi connectivity index (χ0v) is 13.6. The smallest absolute Gasteiger partial charge is 0.276 e. The van der Waals surface area contributed by atoms with E-state index in [0.29, 0.717) is 5.69 Å². The molecule has 0 bridgehead atoms. The van der Waals surface area contributed by atoms with E-state index in [0.717, 1.165) is 24.9 Å². The minimum atomic E-state index is -0.331. The molecule has 1 N–H and O–H groups in total. The van der Waals surface area contributed by atoms with E-state index >= 15 is 0 Å². The first-order valence-electron chi connectivity index (χ1n) is 8.30. The summed E-state index contributed by atoms with van der Waals surface area (Å²) in [5.74, 6) is -0.331. The maximum absolute atomic E-state index is 12.5. The molecule has 4 rings (SSSR count). The van der Waals surface area contributed by atoms with Crippen LogP contribution in [0.3, 0.4) is 0 Å². The molecule has 5 heteroatoms. The van der Waals surface area contributed by atoms with Gasteiger partial charge in [-0.05, 0) is 60.7 Å². The van der Waals surface area contributed by atoms with Crippen molar-refractivity contribution in [2.24, 2.45) is 0 Å². The summed E-state index contributed by atoms with van der Waals surface area (Å²) < 4.78 is 1.23. The highest BCUT2D eigenvalue weighted by Gasteiger charge is 2.14. The van der Waals surface area contributed by atoms with Gasteiger partial charge in [0.05, 0.1) is 5.69 Å². The average molecular weight is 331 g/mol. The normalized spacial score (nSPS) is 12.6. The van der Waals surface area contributed by atoms with Crippen LogP contribution in [0.4, 0.5) is 5.69 Å². The van der Waals surface area contributed by atoms with E-state index in [-0.39, 0.29) is 17.2 Å². The first-order valence-corrected chi connectivity index (χ1v) is 8.30. The minimum Gasteiger partial charge on any atom is -0.321 e. The van der Waals surface area contributed by atoms with Gasteiger partial charge < -0.3 is 5.32 Å². The standard InChI is InChI=1S/C20H17N3O2/c24-19-12-11-18(22-23(19)17-7-2-1-3-8-17)20(25)21-16-10-9-14-5-4-6-15(14)13-16/h1-3,7-13H,4-6H2,(H,21,25). The van der Waals surface area contributed by atoms with Gasteiger partial charge in [-0.15, -0.1) is 0 Å². The lowest BCUT2D eigenvalue weighted by Crippen LogP contribution is -2.24. The summed E-state index contributed by atoms with van der Waals surface area (Å²) in [6.07, 6.45) is 3.32. The Bertz CT molecular complexity index is 993. The van der Waals surface area contributed by atoms with E-state index in [9.17, 15) is 9.59 Å². The highest BCUT2D eigenvalue weighted by atomic mass is 16.2. The van der Waals surface area contributed by atoms with E-state index in [1.807, 2.05) is 30.3 Å². The third-order valence-corrected chi connectivity index (χ3v) is 4.39. The second-order valence-corrected chi connectivity index (χ2v) is 6.10. The molecule has 0 aliphatic heterocycles. The van der Waals surface area contributed by atoms with Gasteiger partial charge in [-0.3, -0.25) is 9.59 Å². The minimum absolute atomic E-state index is 0.198. The molecule has 0 atom stereocenters. The lowest BCUT2D eigenvalue weighted by molar-refractivity contribution is 0.102. The molecule has 0 unspecified atom stereocenters. The molecule has 5 nitrogen and oxygen atoms in total. The van der Waals surface area contributed by atoms with Crippen molar-refractivity contribution >= 4 is 11.6 Å². The van der Waals surface area contributed by atoms with Gasteiger partial charge in [-0.1, -0.05) is 24.3 Å². The van der Waals surface area contributed by atoms with Crippen molar-refractivity contribution in [3.05, 3.63) is 87.8 Å². The molecule has 2 aromatic carbocycles. The maximum atomic E-state index is 12.5. The largest absolute Gasteiger partial charge is 0.321 e. The Kier molecular flexibility index (Phi) is 3.90. The number of benzene rings is 2. The van der Waals surface area contributed by atoms with E-state index in [1.54, 1.807) is 12.1 Å². The van der Waals surface area contributed by atoms with Crippen molar-refractivity contribution in [1.82, 2.24) is 9.78 Å². The van der Waals surface area contributed by atoms with Crippen LogP contribution >= 0.6 is 0 Å². The summed E-state index contributed by atoms with van der Waals surface area (Å²) >= 11 is 0. The molecule has 1 amide bonds. The van der Waals surface area contributed by atoms with Crippen molar-refractivity contribution < 1.29 is 4.79 Å². The third kappa shape index (κ3) is 3.08. The Morgan fingerprint density at radius 2 is 1.76 bits per heavy atom. The van der Waals surface area contributed by atoms with Crippen LogP contribution in [0.25, 0.3) is 5.69 Å². The number of aromatic nitrogens is 2. The van der Waals surface area contributed by atoms with Crippen LogP contribution in [-0.4, -0.2) is 15.7 Å². The number of anilines is 1. The maximum Gasteiger partial charge on any atom is 0.276 e. The fraction of sp³-hybridized carbons (Fsp3) is 0.150. The van der Waals surface area contributed by atoms with E-state index in [1.165, 1.54) is 27.9 Å². The summed E-state index contributed by atoms with van der Waals surface area (Å²) in [4.78, 5) is 24.6. The van der Waals surface area contributed by atoms with Gasteiger partial charge in [-0.25, -0.2) is 0 Å². The van der Waals surface area contributed by atoms with E-state index in [2.05, 4.69) is 16.5 Å². The number of hydrogen-bond donors (Lipinski definition) is 1. The molecule has 3 aromatic rings. The van der Waals surface area contributed by atoms with Gasteiger partial charge in [0.25, 0.3) is 11.5 Å². The number of para-hydroxylation sites is 1. The van der Waals surface area contributed by atoms with Crippen LogP contribution in [0.5, 0.6) is 0 Å². The van der Waals surface area contributed by atoms with Gasteiger partial charge in [-0.2, -0.15) is 9.78 Å². The SMILES string of the molecule is O=C(Nc1ccc2c(c1)CCC2)c1ccc(=O)n(-c2ccccc2)n1. The molecule has 1 aliphatic rings. The summed E-state index contributed by atoms with van der Waals surface area (Å²) in [5.41, 5.74) is 3.95. The molecule has 0 saturated heterocycles. The Morgan fingerprint density at radius 3 is 2.60 bits per heavy atom. The van der Waals surface area contributed by atoms with E-state index in [4.69, 9.17) is 0 Å². The molecule has 124 valence electrons. The summed E-state index contributed by atoms with van der Waals surface area (Å²) in [5, 5.41) is 7.07. The molecule has 0 fully saturated rings. The first kappa shape index (κ1) is 15.3. The van der Waals surface area contributed by atoms with Crippen LogP contribution in [0, 0.1) is 0 Å². The molecular formula is C20H17N3O2. The first-order chi connectivity index (χ1) is 12.2. The summed E-state index contributed by atoms with van der Waals surface area (Å²) in [6, 6.07) is 17.9. The topological polar surface area (TPSA) is 64.0 Å². The lowest BCUT2D eigenvalue weighted by Gasteiger charge is -2.09. The second-order valence-electron chi connectivity index (χ2n) is 6.10. The molecule has 1 aromatic heterocycles. The van der Waals surface area contributed by atoms with Crippen LogP contribution < -0.4 is 10.9 Å². The van der Waals surface area contributed by atoms with Gasteiger partial charge in [0.15, 0.2) is 0 Å². The second kappa shape index (κ2) is 6.36. The molecule has 25 heavy (non-hydrogen) atoms. The number of rotatable bonds is 3. The van der Waals surface area contributed by atoms with Gasteiger partial charge >= 0.3 is 0 Å². The number of fused-ring (bicyclic) bond motifs is 1. The molecule has 1 heterocycles. The average Bonchev–Trinajstić information content (AvgIpc) is 3.10. The monoisotopic (exact) mass is 331 g/mol. The fourth-order valence-corrected chi connectivity index (χ4v) is 3.13. The predicted octanol–water partition coefficient (Wildman–Crippen LogP) is 2.97. The highest BCUT2D eigenvalue weighted by Crippen LogP contribution is 2.25. The van der Waals surface area contributed by atoms with Gasteiger partial charge in [0, 0.05) is 11.8 Å². The van der Waals surface area contributed by atoms with Crippen LogP contribution in [-0.2, 0) is 12.8 Å². The number of nitrogens with zero attached hydrogens (tertiary/aromatic N) is 2. The number of nitrogens with one attached hydrogen (secondary N) is 1. The summed E-state index contributed by atoms with van der Waals surface area (Å²) in [6.45, 7) is 0. The number of carbonyl (C=O) groups excluding carboxylic acids is 1. The van der Waals surface area contributed by atoms with Crippen LogP contribution in [0.2, 0.25) is 0 Å². The number of amides is 1. The van der Waals surface area contributed by atoms with E-state index < -0.39 is 0 Å². The van der Waals surface area contributed by atoms with Crippen molar-refractivity contribution in [3.8, 4) is 5.69 Å². The van der Waals surface area contributed by atoms with Crippen molar-refractivity contribution in [3.63, 3.8) is 0 Å². The molecule has 0 saturated carbocycles. The van der Waals surface area contributed by atoms with Gasteiger partial charge in [0.1, 0.15) is 5.69 Å². The molecule has 0 radical (unpaired) electrons. The number of aryl methyl sites for hydroxylation is 2. The van der Waals surface area contributed by atoms with Crippen molar-refractivity contribution in [2.45, 2.75) is 19.3 Å². The zero-order chi connectivity index (χ0) is 17.2. The quantitative estimate of drug-likeness (QED) is 0.802. The Labute approximate surface area is 144 Å². The molecule has 1 aliphatic carbocycles. The zero-order valence-electron chi connectivity index (χ0n) is 13.6. The van der Waals surface area contributed by atoms with Crippen LogP contribution in [0.1, 0.15) is 28.0 Å². The number of carbonyl (C=O) groups is 1. The molecular weight excluding hydrogens is 314 g/mol. The van der Waals surface area contributed by atoms with Crippen molar-refractivity contribution in [1.29, 1.82) is 0 Å². The Hall–Kier alpha value is -3.21.